The molecule has 1 aliphatic carbocycles. The molecule has 1 aliphatic heterocycles. The Morgan fingerprint density at radius 2 is 1.95 bits per heavy atom. The second-order valence-electron chi connectivity index (χ2n) is 7.03. The van der Waals surface area contributed by atoms with Gasteiger partial charge in [-0.25, -0.2) is 0 Å². The highest BCUT2D eigenvalue weighted by molar-refractivity contribution is 4.87. The Morgan fingerprint density at radius 1 is 1.21 bits per heavy atom. The lowest BCUT2D eigenvalue weighted by molar-refractivity contribution is -0.0201. The third kappa shape index (κ3) is 4.44. The fourth-order valence-corrected chi connectivity index (χ4v) is 3.68. The molecule has 0 bridgehead atoms. The largest absolute Gasteiger partial charge is 0.396 e. The SMILES string of the molecule is CC1CCC(CO)(CN(C)CC2CCCCO2)CC1. The first-order valence-electron chi connectivity index (χ1n) is 8.04. The van der Waals surface area contributed by atoms with Crippen LogP contribution >= 0.6 is 0 Å². The smallest absolute Gasteiger partial charge is 0.0701 e. The van der Waals surface area contributed by atoms with Crippen LogP contribution in [-0.2, 0) is 4.74 Å². The topological polar surface area (TPSA) is 32.7 Å². The number of likely N-dealkylation sites (N-methyl/N-ethyl adjacent to an activating group) is 1. The molecule has 3 heteroatoms. The average molecular weight is 269 g/mol. The Labute approximate surface area is 118 Å². The molecule has 1 heterocycles. The molecule has 0 radical (unpaired) electrons. The zero-order valence-corrected chi connectivity index (χ0v) is 12.7. The second kappa shape index (κ2) is 7.05. The van der Waals surface area contributed by atoms with Crippen LogP contribution in [0.4, 0.5) is 0 Å². The third-order valence-corrected chi connectivity index (χ3v) is 5.06. The van der Waals surface area contributed by atoms with E-state index >= 15 is 0 Å². The van der Waals surface area contributed by atoms with Gasteiger partial charge in [-0.05, 0) is 45.1 Å². The van der Waals surface area contributed by atoms with Crippen LogP contribution in [0.3, 0.4) is 0 Å². The summed E-state index contributed by atoms with van der Waals surface area (Å²) in [5, 5.41) is 9.82. The number of nitrogens with zero attached hydrogens (tertiary/aromatic N) is 1. The van der Waals surface area contributed by atoms with E-state index < -0.39 is 0 Å². The molecule has 1 saturated heterocycles. The maximum atomic E-state index is 9.82. The lowest BCUT2D eigenvalue weighted by atomic mass is 9.71. The van der Waals surface area contributed by atoms with Crippen molar-refractivity contribution in [3.8, 4) is 0 Å². The van der Waals surface area contributed by atoms with Gasteiger partial charge in [0.25, 0.3) is 0 Å². The van der Waals surface area contributed by atoms with Crippen LogP contribution in [0.25, 0.3) is 0 Å². The fourth-order valence-electron chi connectivity index (χ4n) is 3.68. The lowest BCUT2D eigenvalue weighted by Crippen LogP contribution is -2.44. The van der Waals surface area contributed by atoms with Crippen molar-refractivity contribution in [2.75, 3.05) is 33.4 Å². The van der Waals surface area contributed by atoms with Gasteiger partial charge in [-0.2, -0.15) is 0 Å². The molecule has 1 saturated carbocycles. The van der Waals surface area contributed by atoms with Crippen LogP contribution in [-0.4, -0.2) is 49.5 Å². The predicted molar refractivity (Wildman–Crippen MR) is 78.2 cm³/mol. The molecule has 2 aliphatic rings. The molecule has 0 spiro atoms. The van der Waals surface area contributed by atoms with Gasteiger partial charge in [0.15, 0.2) is 0 Å². The molecular formula is C16H31NO2. The van der Waals surface area contributed by atoms with E-state index in [9.17, 15) is 5.11 Å². The summed E-state index contributed by atoms with van der Waals surface area (Å²) in [6.45, 7) is 5.66. The minimum absolute atomic E-state index is 0.149. The molecule has 0 aromatic rings. The van der Waals surface area contributed by atoms with Crippen molar-refractivity contribution < 1.29 is 9.84 Å². The Bertz CT molecular complexity index is 255. The van der Waals surface area contributed by atoms with Gasteiger partial charge in [-0.15, -0.1) is 0 Å². The Hall–Kier alpha value is -0.120. The fraction of sp³-hybridized carbons (Fsp3) is 1.00. The summed E-state index contributed by atoms with van der Waals surface area (Å²) in [4.78, 5) is 2.39. The molecule has 2 fully saturated rings. The summed E-state index contributed by atoms with van der Waals surface area (Å²) < 4.78 is 5.82. The van der Waals surface area contributed by atoms with Crippen molar-refractivity contribution in [2.24, 2.45) is 11.3 Å². The predicted octanol–water partition coefficient (Wildman–Crippen LogP) is 2.68. The van der Waals surface area contributed by atoms with Crippen LogP contribution in [0, 0.1) is 11.3 Å². The summed E-state index contributed by atoms with van der Waals surface area (Å²) in [7, 11) is 2.19. The van der Waals surface area contributed by atoms with Crippen molar-refractivity contribution in [3.05, 3.63) is 0 Å². The molecule has 3 nitrogen and oxygen atoms in total. The molecule has 0 aromatic carbocycles. The van der Waals surface area contributed by atoms with Gasteiger partial charge in [0, 0.05) is 31.7 Å². The standard InChI is InChI=1S/C16H31NO2/c1-14-6-8-16(13-18,9-7-14)12-17(2)11-15-5-3-4-10-19-15/h14-15,18H,3-13H2,1-2H3. The summed E-state index contributed by atoms with van der Waals surface area (Å²) in [5.41, 5.74) is 0.149. The van der Waals surface area contributed by atoms with Crippen LogP contribution < -0.4 is 0 Å². The van der Waals surface area contributed by atoms with E-state index in [-0.39, 0.29) is 5.41 Å². The van der Waals surface area contributed by atoms with Crippen molar-refractivity contribution in [3.63, 3.8) is 0 Å². The van der Waals surface area contributed by atoms with Gasteiger partial charge in [0.1, 0.15) is 0 Å². The molecule has 1 unspecified atom stereocenters. The molecular weight excluding hydrogens is 238 g/mol. The first kappa shape index (κ1) is 15.3. The molecule has 2 rings (SSSR count). The van der Waals surface area contributed by atoms with Crippen molar-refractivity contribution in [1.82, 2.24) is 4.90 Å². The number of rotatable bonds is 5. The zero-order chi connectivity index (χ0) is 13.7. The van der Waals surface area contributed by atoms with Crippen LogP contribution in [0.1, 0.15) is 51.9 Å². The van der Waals surface area contributed by atoms with Gasteiger partial charge < -0.3 is 14.7 Å². The van der Waals surface area contributed by atoms with E-state index in [0.717, 1.165) is 25.6 Å². The van der Waals surface area contributed by atoms with E-state index in [1.54, 1.807) is 0 Å². The monoisotopic (exact) mass is 269 g/mol. The van der Waals surface area contributed by atoms with Gasteiger partial charge in [0.05, 0.1) is 6.10 Å². The number of aliphatic hydroxyl groups is 1. The number of aliphatic hydroxyl groups excluding tert-OH is 1. The molecule has 112 valence electrons. The average Bonchev–Trinajstić information content (AvgIpc) is 2.43. The van der Waals surface area contributed by atoms with Crippen molar-refractivity contribution in [2.45, 2.75) is 58.0 Å². The quantitative estimate of drug-likeness (QED) is 0.833. The van der Waals surface area contributed by atoms with Gasteiger partial charge >= 0.3 is 0 Å². The summed E-state index contributed by atoms with van der Waals surface area (Å²) in [6, 6.07) is 0. The highest BCUT2D eigenvalue weighted by atomic mass is 16.5. The second-order valence-corrected chi connectivity index (χ2v) is 7.03. The van der Waals surface area contributed by atoms with E-state index in [0.29, 0.717) is 12.7 Å². The number of hydrogen-bond acceptors (Lipinski definition) is 3. The third-order valence-electron chi connectivity index (χ3n) is 5.06. The lowest BCUT2D eigenvalue weighted by Gasteiger charge is -2.41. The summed E-state index contributed by atoms with van der Waals surface area (Å²) in [6.07, 6.45) is 9.05. The van der Waals surface area contributed by atoms with E-state index in [2.05, 4.69) is 18.9 Å². The van der Waals surface area contributed by atoms with Gasteiger partial charge in [0.2, 0.25) is 0 Å². The molecule has 1 atom stereocenters. The first-order chi connectivity index (χ1) is 9.13. The first-order valence-corrected chi connectivity index (χ1v) is 8.04. The van der Waals surface area contributed by atoms with Crippen LogP contribution in [0.5, 0.6) is 0 Å². The van der Waals surface area contributed by atoms with Gasteiger partial charge in [-0.1, -0.05) is 19.8 Å². The highest BCUT2D eigenvalue weighted by Gasteiger charge is 2.35. The molecule has 19 heavy (non-hydrogen) atoms. The Kier molecular flexibility index (Phi) is 5.67. The van der Waals surface area contributed by atoms with Gasteiger partial charge in [-0.3, -0.25) is 0 Å². The number of hydrogen-bond donors (Lipinski definition) is 1. The summed E-state index contributed by atoms with van der Waals surface area (Å²) in [5.74, 6) is 0.839. The molecule has 1 N–H and O–H groups in total. The maximum absolute atomic E-state index is 9.82. The van der Waals surface area contributed by atoms with Crippen LogP contribution in [0.2, 0.25) is 0 Å². The van der Waals surface area contributed by atoms with E-state index in [1.165, 1.54) is 44.9 Å². The van der Waals surface area contributed by atoms with Crippen molar-refractivity contribution in [1.29, 1.82) is 0 Å². The molecule has 0 amide bonds. The summed E-state index contributed by atoms with van der Waals surface area (Å²) >= 11 is 0. The van der Waals surface area contributed by atoms with Crippen molar-refractivity contribution >= 4 is 0 Å². The minimum atomic E-state index is 0.149. The minimum Gasteiger partial charge on any atom is -0.396 e. The Morgan fingerprint density at radius 3 is 2.53 bits per heavy atom. The zero-order valence-electron chi connectivity index (χ0n) is 12.7. The van der Waals surface area contributed by atoms with E-state index in [1.807, 2.05) is 0 Å². The maximum Gasteiger partial charge on any atom is 0.0701 e. The van der Waals surface area contributed by atoms with Crippen LogP contribution in [0.15, 0.2) is 0 Å². The normalized spacial score (nSPS) is 36.6. The van der Waals surface area contributed by atoms with E-state index in [4.69, 9.17) is 4.74 Å². The highest BCUT2D eigenvalue weighted by Crippen LogP contribution is 2.39. The molecule has 0 aromatic heterocycles. The Balaban J connectivity index is 1.80. The number of ether oxygens (including phenoxy) is 1.